The van der Waals surface area contributed by atoms with Crippen molar-refractivity contribution in [3.05, 3.63) is 35.5 Å². The molecule has 0 saturated heterocycles. The van der Waals surface area contributed by atoms with E-state index in [0.717, 1.165) is 23.7 Å². The summed E-state index contributed by atoms with van der Waals surface area (Å²) in [5.41, 5.74) is 4.69. The molecule has 3 rings (SSSR count). The van der Waals surface area contributed by atoms with Crippen LogP contribution in [0.4, 0.5) is 17.2 Å². The Morgan fingerprint density at radius 1 is 1.31 bits per heavy atom. The predicted octanol–water partition coefficient (Wildman–Crippen LogP) is 2.40. The fourth-order valence-corrected chi connectivity index (χ4v) is 2.01. The summed E-state index contributed by atoms with van der Waals surface area (Å²) in [6, 6.07) is 6.36. The molecule has 0 amide bonds. The lowest BCUT2D eigenvalue weighted by Gasteiger charge is -2.10. The Hall–Kier alpha value is -1.97. The predicted molar refractivity (Wildman–Crippen MR) is 65.0 cm³/mol. The normalized spacial score (nSPS) is 13.1. The van der Waals surface area contributed by atoms with Crippen molar-refractivity contribution in [2.45, 2.75) is 13.5 Å². The van der Waals surface area contributed by atoms with E-state index >= 15 is 0 Å². The lowest BCUT2D eigenvalue weighted by Crippen LogP contribution is -1.99. The molecule has 0 saturated carbocycles. The van der Waals surface area contributed by atoms with Gasteiger partial charge in [-0.2, -0.15) is 5.10 Å². The average molecular weight is 214 g/mol. The summed E-state index contributed by atoms with van der Waals surface area (Å²) in [5, 5.41) is 11.1. The fraction of sp³-hybridized carbons (Fsp3) is 0.250. The second-order valence-electron chi connectivity index (χ2n) is 4.17. The number of aryl methyl sites for hydroxylation is 2. The highest BCUT2D eigenvalue weighted by Crippen LogP contribution is 2.31. The van der Waals surface area contributed by atoms with Crippen LogP contribution in [0.15, 0.2) is 24.4 Å². The third-order valence-corrected chi connectivity index (χ3v) is 2.91. The van der Waals surface area contributed by atoms with Crippen LogP contribution in [0.25, 0.3) is 0 Å². The van der Waals surface area contributed by atoms with Crippen molar-refractivity contribution in [3.63, 3.8) is 0 Å². The molecule has 4 nitrogen and oxygen atoms in total. The van der Waals surface area contributed by atoms with E-state index in [1.54, 1.807) is 0 Å². The van der Waals surface area contributed by atoms with Crippen molar-refractivity contribution >= 4 is 17.2 Å². The van der Waals surface area contributed by atoms with Crippen LogP contribution in [0.2, 0.25) is 0 Å². The van der Waals surface area contributed by atoms with Crippen molar-refractivity contribution in [1.82, 2.24) is 9.78 Å². The Bertz CT molecular complexity index is 542. The van der Waals surface area contributed by atoms with Crippen molar-refractivity contribution in [2.24, 2.45) is 7.05 Å². The topological polar surface area (TPSA) is 41.9 Å². The van der Waals surface area contributed by atoms with Gasteiger partial charge in [0.2, 0.25) is 0 Å². The van der Waals surface area contributed by atoms with Gasteiger partial charge in [0.15, 0.2) is 0 Å². The monoisotopic (exact) mass is 214 g/mol. The largest absolute Gasteiger partial charge is 0.379 e. The molecule has 1 aromatic heterocycles. The summed E-state index contributed by atoms with van der Waals surface area (Å²) in [6.07, 6.45) is 1.90. The second kappa shape index (κ2) is 3.27. The second-order valence-corrected chi connectivity index (χ2v) is 4.17. The Labute approximate surface area is 94.3 Å². The summed E-state index contributed by atoms with van der Waals surface area (Å²) in [7, 11) is 1.95. The van der Waals surface area contributed by atoms with Crippen LogP contribution in [-0.2, 0) is 13.6 Å². The first-order chi connectivity index (χ1) is 7.74. The van der Waals surface area contributed by atoms with E-state index < -0.39 is 0 Å². The summed E-state index contributed by atoms with van der Waals surface area (Å²) in [6.45, 7) is 2.91. The highest BCUT2D eigenvalue weighted by molar-refractivity contribution is 5.77. The molecule has 2 heterocycles. The number of aromatic nitrogens is 2. The van der Waals surface area contributed by atoms with Crippen LogP contribution in [0, 0.1) is 6.92 Å². The summed E-state index contributed by atoms with van der Waals surface area (Å²) in [5.74, 6) is 1.07. The molecule has 1 aliphatic heterocycles. The third-order valence-electron chi connectivity index (χ3n) is 2.91. The number of hydrogen-bond acceptors (Lipinski definition) is 3. The van der Waals surface area contributed by atoms with E-state index in [4.69, 9.17) is 0 Å². The molecule has 0 spiro atoms. The minimum atomic E-state index is 0.812. The molecule has 0 fully saturated rings. The zero-order valence-corrected chi connectivity index (χ0v) is 9.41. The van der Waals surface area contributed by atoms with Crippen molar-refractivity contribution in [2.75, 3.05) is 10.6 Å². The first kappa shape index (κ1) is 9.27. The van der Waals surface area contributed by atoms with E-state index in [1.807, 2.05) is 17.9 Å². The molecule has 16 heavy (non-hydrogen) atoms. The van der Waals surface area contributed by atoms with Gasteiger partial charge in [-0.05, 0) is 24.6 Å². The van der Waals surface area contributed by atoms with Crippen molar-refractivity contribution < 1.29 is 0 Å². The van der Waals surface area contributed by atoms with E-state index in [2.05, 4.69) is 40.9 Å². The molecule has 1 aliphatic rings. The maximum atomic E-state index is 4.25. The van der Waals surface area contributed by atoms with Crippen LogP contribution in [0.3, 0.4) is 0 Å². The minimum absolute atomic E-state index is 0.812. The standard InChI is InChI=1S/C12H14N4/c1-8-3-4-10-11(5-8)15-12-9(6-13-10)7-14-16(12)2/h3-5,7,13,15H,6H2,1-2H3. The smallest absolute Gasteiger partial charge is 0.133 e. The number of benzene rings is 1. The number of nitrogens with zero attached hydrogens (tertiary/aromatic N) is 2. The van der Waals surface area contributed by atoms with Gasteiger partial charge in [0.25, 0.3) is 0 Å². The van der Waals surface area contributed by atoms with Gasteiger partial charge in [-0.25, -0.2) is 0 Å². The Balaban J connectivity index is 2.11. The molecular formula is C12H14N4. The Kier molecular flexibility index (Phi) is 1.89. The number of fused-ring (bicyclic) bond motifs is 2. The summed E-state index contributed by atoms with van der Waals surface area (Å²) < 4.78 is 1.87. The molecule has 0 unspecified atom stereocenters. The molecule has 4 heteroatoms. The lowest BCUT2D eigenvalue weighted by molar-refractivity contribution is 0.776. The van der Waals surface area contributed by atoms with E-state index in [9.17, 15) is 0 Å². The fourth-order valence-electron chi connectivity index (χ4n) is 2.01. The molecule has 0 atom stereocenters. The van der Waals surface area contributed by atoms with Crippen LogP contribution < -0.4 is 10.6 Å². The molecular weight excluding hydrogens is 200 g/mol. The SMILES string of the molecule is Cc1ccc2c(c1)Nc1c(cnn1C)CN2. The number of hydrogen-bond donors (Lipinski definition) is 2. The van der Waals surface area contributed by atoms with Gasteiger partial charge in [-0.15, -0.1) is 0 Å². The van der Waals surface area contributed by atoms with Gasteiger partial charge in [0.05, 0.1) is 17.6 Å². The van der Waals surface area contributed by atoms with Crippen molar-refractivity contribution in [1.29, 1.82) is 0 Å². The molecule has 0 aliphatic carbocycles. The zero-order chi connectivity index (χ0) is 11.1. The maximum Gasteiger partial charge on any atom is 0.133 e. The van der Waals surface area contributed by atoms with Gasteiger partial charge in [0.1, 0.15) is 5.82 Å². The van der Waals surface area contributed by atoms with Gasteiger partial charge in [-0.1, -0.05) is 6.07 Å². The first-order valence-corrected chi connectivity index (χ1v) is 5.36. The van der Waals surface area contributed by atoms with Crippen LogP contribution in [0.5, 0.6) is 0 Å². The maximum absolute atomic E-state index is 4.25. The molecule has 0 bridgehead atoms. The van der Waals surface area contributed by atoms with E-state index in [-0.39, 0.29) is 0 Å². The van der Waals surface area contributed by atoms with Crippen LogP contribution in [-0.4, -0.2) is 9.78 Å². The number of nitrogens with one attached hydrogen (secondary N) is 2. The van der Waals surface area contributed by atoms with Crippen LogP contribution >= 0.6 is 0 Å². The van der Waals surface area contributed by atoms with Crippen LogP contribution in [0.1, 0.15) is 11.1 Å². The highest BCUT2D eigenvalue weighted by atomic mass is 15.3. The van der Waals surface area contributed by atoms with E-state index in [1.165, 1.54) is 11.1 Å². The first-order valence-electron chi connectivity index (χ1n) is 5.36. The van der Waals surface area contributed by atoms with E-state index in [0.29, 0.717) is 0 Å². The number of anilines is 3. The zero-order valence-electron chi connectivity index (χ0n) is 9.41. The van der Waals surface area contributed by atoms with Crippen molar-refractivity contribution in [3.8, 4) is 0 Å². The third kappa shape index (κ3) is 1.34. The Morgan fingerprint density at radius 3 is 3.06 bits per heavy atom. The van der Waals surface area contributed by atoms with Gasteiger partial charge < -0.3 is 10.6 Å². The summed E-state index contributed by atoms with van der Waals surface area (Å²) in [4.78, 5) is 0. The number of rotatable bonds is 0. The van der Waals surface area contributed by atoms with Gasteiger partial charge >= 0.3 is 0 Å². The molecule has 1 aromatic carbocycles. The molecule has 0 radical (unpaired) electrons. The Morgan fingerprint density at radius 2 is 2.19 bits per heavy atom. The average Bonchev–Trinajstić information content (AvgIpc) is 2.51. The molecule has 2 N–H and O–H groups in total. The van der Waals surface area contributed by atoms with Gasteiger partial charge in [0, 0.05) is 19.2 Å². The van der Waals surface area contributed by atoms with Gasteiger partial charge in [-0.3, -0.25) is 4.68 Å². The quantitative estimate of drug-likeness (QED) is 0.707. The summed E-state index contributed by atoms with van der Waals surface area (Å²) >= 11 is 0. The minimum Gasteiger partial charge on any atom is -0.379 e. The lowest BCUT2D eigenvalue weighted by atomic mass is 10.2. The highest BCUT2D eigenvalue weighted by Gasteiger charge is 2.15. The molecule has 2 aromatic rings. The molecule has 82 valence electrons.